The molecule has 5 nitrogen and oxygen atoms in total. The Hall–Kier alpha value is -2.82. The minimum atomic E-state index is -0.538. The summed E-state index contributed by atoms with van der Waals surface area (Å²) in [7, 11) is 0. The molecule has 28 heavy (non-hydrogen) atoms. The first kappa shape index (κ1) is 21.5. The van der Waals surface area contributed by atoms with Crippen LogP contribution in [0.25, 0.3) is 0 Å². The fraction of sp³-hybridized carbons (Fsp3) is 0.391. The lowest BCUT2D eigenvalue weighted by atomic mass is 10.0. The predicted molar refractivity (Wildman–Crippen MR) is 110 cm³/mol. The normalized spacial score (nSPS) is 11.8. The molecule has 1 N–H and O–H groups in total. The van der Waals surface area contributed by atoms with Crippen LogP contribution in [0.2, 0.25) is 0 Å². The van der Waals surface area contributed by atoms with Gasteiger partial charge >= 0.3 is 5.97 Å². The van der Waals surface area contributed by atoms with E-state index >= 15 is 0 Å². The van der Waals surface area contributed by atoms with E-state index in [1.165, 1.54) is 11.1 Å². The minimum absolute atomic E-state index is 0.164. The van der Waals surface area contributed by atoms with E-state index in [4.69, 9.17) is 9.47 Å². The quantitative estimate of drug-likeness (QED) is 0.688. The van der Waals surface area contributed by atoms with Crippen molar-refractivity contribution >= 4 is 11.9 Å². The zero-order valence-corrected chi connectivity index (χ0v) is 17.2. The van der Waals surface area contributed by atoms with E-state index in [-0.39, 0.29) is 18.6 Å². The van der Waals surface area contributed by atoms with Gasteiger partial charge in [-0.05, 0) is 67.6 Å². The maximum absolute atomic E-state index is 12.1. The standard InChI is InChI=1S/C23H29NO4/c1-15(2)13-27-21-10-8-19(9-11-21)23(26)28-14-22(25)24-18(5)20-7-6-16(3)17(4)12-20/h6-12,15,18H,13-14H2,1-5H3,(H,24,25)/t18-/m0/s1. The molecule has 0 fully saturated rings. The van der Waals surface area contributed by atoms with Gasteiger partial charge in [-0.25, -0.2) is 4.79 Å². The molecular weight excluding hydrogens is 354 g/mol. The Kier molecular flexibility index (Phi) is 7.61. The Morgan fingerprint density at radius 3 is 2.25 bits per heavy atom. The van der Waals surface area contributed by atoms with Crippen molar-refractivity contribution in [3.63, 3.8) is 0 Å². The summed E-state index contributed by atoms with van der Waals surface area (Å²) in [6, 6.07) is 12.6. The van der Waals surface area contributed by atoms with Gasteiger partial charge in [0.25, 0.3) is 5.91 Å². The predicted octanol–water partition coefficient (Wildman–Crippen LogP) is 4.37. The number of benzene rings is 2. The fourth-order valence-electron chi connectivity index (χ4n) is 2.57. The van der Waals surface area contributed by atoms with Crippen LogP contribution in [0.15, 0.2) is 42.5 Å². The maximum atomic E-state index is 12.1. The molecule has 0 aliphatic heterocycles. The van der Waals surface area contributed by atoms with Gasteiger partial charge in [-0.1, -0.05) is 32.0 Å². The number of rotatable bonds is 8. The minimum Gasteiger partial charge on any atom is -0.493 e. The fourth-order valence-corrected chi connectivity index (χ4v) is 2.57. The lowest BCUT2D eigenvalue weighted by Crippen LogP contribution is -2.31. The first-order valence-electron chi connectivity index (χ1n) is 9.52. The zero-order chi connectivity index (χ0) is 20.7. The van der Waals surface area contributed by atoms with Gasteiger partial charge < -0.3 is 14.8 Å². The summed E-state index contributed by atoms with van der Waals surface area (Å²) in [5.41, 5.74) is 3.77. The lowest BCUT2D eigenvalue weighted by Gasteiger charge is -2.16. The highest BCUT2D eigenvalue weighted by molar-refractivity contribution is 5.91. The van der Waals surface area contributed by atoms with E-state index in [9.17, 15) is 9.59 Å². The van der Waals surface area contributed by atoms with Crippen molar-refractivity contribution in [2.45, 2.75) is 40.7 Å². The Bertz CT molecular complexity index is 812. The van der Waals surface area contributed by atoms with Crippen molar-refractivity contribution in [3.8, 4) is 5.75 Å². The molecule has 0 spiro atoms. The molecule has 0 radical (unpaired) electrons. The van der Waals surface area contributed by atoms with Crippen LogP contribution in [0.3, 0.4) is 0 Å². The molecule has 2 rings (SSSR count). The van der Waals surface area contributed by atoms with Crippen LogP contribution in [-0.4, -0.2) is 25.1 Å². The SMILES string of the molecule is Cc1ccc([C@H](C)NC(=O)COC(=O)c2ccc(OCC(C)C)cc2)cc1C. The molecule has 2 aromatic carbocycles. The number of carbonyl (C=O) groups is 2. The van der Waals surface area contributed by atoms with Gasteiger partial charge in [-0.15, -0.1) is 0 Å². The van der Waals surface area contributed by atoms with Gasteiger partial charge in [0.05, 0.1) is 18.2 Å². The third-order valence-electron chi connectivity index (χ3n) is 4.42. The number of ether oxygens (including phenoxy) is 2. The number of carbonyl (C=O) groups excluding carboxylic acids is 2. The Balaban J connectivity index is 1.82. The first-order valence-corrected chi connectivity index (χ1v) is 9.52. The Morgan fingerprint density at radius 1 is 0.964 bits per heavy atom. The average molecular weight is 383 g/mol. The highest BCUT2D eigenvalue weighted by atomic mass is 16.5. The second-order valence-electron chi connectivity index (χ2n) is 7.44. The molecular formula is C23H29NO4. The van der Waals surface area contributed by atoms with Crippen molar-refractivity contribution in [2.24, 2.45) is 5.92 Å². The largest absolute Gasteiger partial charge is 0.493 e. The Morgan fingerprint density at radius 2 is 1.64 bits per heavy atom. The molecule has 0 aliphatic carbocycles. The number of amides is 1. The van der Waals surface area contributed by atoms with Gasteiger partial charge in [0, 0.05) is 0 Å². The number of nitrogens with one attached hydrogen (secondary N) is 1. The second-order valence-corrected chi connectivity index (χ2v) is 7.44. The summed E-state index contributed by atoms with van der Waals surface area (Å²) in [6.07, 6.45) is 0. The molecule has 0 heterocycles. The number of esters is 1. The van der Waals surface area contributed by atoms with Crippen LogP contribution in [0, 0.1) is 19.8 Å². The monoisotopic (exact) mass is 383 g/mol. The van der Waals surface area contributed by atoms with Crippen LogP contribution in [0.4, 0.5) is 0 Å². The zero-order valence-electron chi connectivity index (χ0n) is 17.2. The number of hydrogen-bond donors (Lipinski definition) is 1. The summed E-state index contributed by atoms with van der Waals surface area (Å²) in [4.78, 5) is 24.2. The summed E-state index contributed by atoms with van der Waals surface area (Å²) in [6.45, 7) is 10.4. The molecule has 0 bridgehead atoms. The Labute approximate surface area is 167 Å². The van der Waals surface area contributed by atoms with Crippen LogP contribution in [0.1, 0.15) is 53.9 Å². The number of aryl methyl sites for hydroxylation is 2. The van der Waals surface area contributed by atoms with E-state index in [1.807, 2.05) is 32.9 Å². The molecule has 0 unspecified atom stereocenters. The van der Waals surface area contributed by atoms with Gasteiger partial charge in [0.1, 0.15) is 5.75 Å². The van der Waals surface area contributed by atoms with Crippen LogP contribution in [-0.2, 0) is 9.53 Å². The van der Waals surface area contributed by atoms with E-state index in [0.29, 0.717) is 23.8 Å². The van der Waals surface area contributed by atoms with Crippen molar-refractivity contribution in [1.82, 2.24) is 5.32 Å². The van der Waals surface area contributed by atoms with Crippen molar-refractivity contribution < 1.29 is 19.1 Å². The summed E-state index contributed by atoms with van der Waals surface area (Å²) in [5.74, 6) is 0.250. The molecule has 2 aromatic rings. The summed E-state index contributed by atoms with van der Waals surface area (Å²) in [5, 5.41) is 2.85. The first-order chi connectivity index (χ1) is 13.3. The van der Waals surface area contributed by atoms with Gasteiger partial charge in [-0.2, -0.15) is 0 Å². The third-order valence-corrected chi connectivity index (χ3v) is 4.42. The second kappa shape index (κ2) is 9.93. The molecule has 0 aliphatic rings. The summed E-state index contributed by atoms with van der Waals surface area (Å²) < 4.78 is 10.7. The van der Waals surface area contributed by atoms with Crippen LogP contribution < -0.4 is 10.1 Å². The van der Waals surface area contributed by atoms with E-state index in [1.54, 1.807) is 24.3 Å². The smallest absolute Gasteiger partial charge is 0.338 e. The van der Waals surface area contributed by atoms with E-state index in [0.717, 1.165) is 5.56 Å². The molecule has 150 valence electrons. The molecule has 0 saturated heterocycles. The highest BCUT2D eigenvalue weighted by Gasteiger charge is 2.14. The van der Waals surface area contributed by atoms with Crippen molar-refractivity contribution in [3.05, 3.63) is 64.7 Å². The van der Waals surface area contributed by atoms with Gasteiger partial charge in [-0.3, -0.25) is 4.79 Å². The summed E-state index contributed by atoms with van der Waals surface area (Å²) >= 11 is 0. The molecule has 0 saturated carbocycles. The van der Waals surface area contributed by atoms with Crippen LogP contribution in [0.5, 0.6) is 5.75 Å². The van der Waals surface area contributed by atoms with Crippen molar-refractivity contribution in [1.29, 1.82) is 0 Å². The topological polar surface area (TPSA) is 64.6 Å². The maximum Gasteiger partial charge on any atom is 0.338 e. The number of hydrogen-bond acceptors (Lipinski definition) is 4. The highest BCUT2D eigenvalue weighted by Crippen LogP contribution is 2.17. The lowest BCUT2D eigenvalue weighted by molar-refractivity contribution is -0.124. The third kappa shape index (κ3) is 6.41. The van der Waals surface area contributed by atoms with Gasteiger partial charge in [0.2, 0.25) is 0 Å². The van der Waals surface area contributed by atoms with Gasteiger partial charge in [0.15, 0.2) is 6.61 Å². The van der Waals surface area contributed by atoms with Crippen molar-refractivity contribution in [2.75, 3.05) is 13.2 Å². The molecule has 5 heteroatoms. The van der Waals surface area contributed by atoms with E-state index < -0.39 is 5.97 Å². The van der Waals surface area contributed by atoms with Crippen LogP contribution >= 0.6 is 0 Å². The average Bonchev–Trinajstić information content (AvgIpc) is 2.66. The molecule has 0 aromatic heterocycles. The van der Waals surface area contributed by atoms with E-state index in [2.05, 4.69) is 25.2 Å². The molecule has 1 amide bonds. The molecule has 1 atom stereocenters.